The number of nitrogen functional groups attached to an aromatic ring is 1. The average Bonchev–Trinajstić information content (AvgIpc) is 2.49. The fourth-order valence-corrected chi connectivity index (χ4v) is 3.47. The number of aromatic nitrogens is 3. The highest BCUT2D eigenvalue weighted by Gasteiger charge is 2.21. The first-order chi connectivity index (χ1) is 9.83. The summed E-state index contributed by atoms with van der Waals surface area (Å²) in [6.45, 7) is 0. The van der Waals surface area contributed by atoms with Gasteiger partial charge in [-0.1, -0.05) is 37.5 Å². The molecule has 3 rings (SSSR count). The summed E-state index contributed by atoms with van der Waals surface area (Å²) in [5, 5.41) is 3.05. The van der Waals surface area contributed by atoms with Crippen LogP contribution in [0.25, 0.3) is 0 Å². The molecule has 0 bridgehead atoms. The van der Waals surface area contributed by atoms with Gasteiger partial charge in [0.15, 0.2) is 0 Å². The molecule has 5 nitrogen and oxygen atoms in total. The van der Waals surface area contributed by atoms with Gasteiger partial charge in [-0.3, -0.25) is 0 Å². The topological polar surface area (TPSA) is 71.8 Å². The first-order valence-corrected chi connectivity index (χ1v) is 7.85. The van der Waals surface area contributed by atoms with E-state index in [4.69, 9.17) is 10.6 Å². The average molecular weight is 292 g/mol. The maximum absolute atomic E-state index is 5.98. The normalized spacial score (nSPS) is 16.0. The van der Waals surface area contributed by atoms with Crippen LogP contribution in [0.2, 0.25) is 0 Å². The summed E-state index contributed by atoms with van der Waals surface area (Å²) in [6, 6.07) is 9.79. The van der Waals surface area contributed by atoms with Crippen molar-refractivity contribution in [3.8, 4) is 11.6 Å². The molecule has 0 aliphatic heterocycles. The van der Waals surface area contributed by atoms with Crippen LogP contribution in [0.3, 0.4) is 0 Å². The molecule has 1 aromatic carbocycles. The summed E-state index contributed by atoms with van der Waals surface area (Å²) in [5.41, 5.74) is 0. The molecule has 20 heavy (non-hydrogen) atoms. The second-order valence-corrected chi connectivity index (χ2v) is 5.95. The van der Waals surface area contributed by atoms with Crippen molar-refractivity contribution in [3.05, 3.63) is 35.2 Å². The van der Waals surface area contributed by atoms with E-state index in [1.165, 1.54) is 41.9 Å². The van der Waals surface area contributed by atoms with Crippen LogP contribution >= 0.6 is 11.5 Å². The molecule has 1 aromatic heterocycles. The van der Waals surface area contributed by atoms with Gasteiger partial charge in [-0.2, -0.15) is 0 Å². The van der Waals surface area contributed by atoms with Gasteiger partial charge in [0.25, 0.3) is 0 Å². The molecule has 108 valence electrons. The van der Waals surface area contributed by atoms with Crippen LogP contribution in [0.1, 0.15) is 42.9 Å². The third-order valence-electron chi connectivity index (χ3n) is 3.64. The molecule has 1 aliphatic carbocycles. The Labute approximate surface area is 122 Å². The van der Waals surface area contributed by atoms with E-state index in [9.17, 15) is 0 Å². The van der Waals surface area contributed by atoms with Gasteiger partial charge in [-0.25, -0.2) is 9.59 Å². The van der Waals surface area contributed by atoms with Crippen LogP contribution in [-0.2, 0) is 0 Å². The number of hydrogen-bond donors (Lipinski definition) is 3. The largest absolute Gasteiger partial charge is 0.438 e. The number of nitrogens with zero attached hydrogens (tertiary/aromatic N) is 1. The Morgan fingerprint density at radius 2 is 1.90 bits per heavy atom. The van der Waals surface area contributed by atoms with E-state index in [2.05, 4.69) is 9.59 Å². The van der Waals surface area contributed by atoms with Crippen molar-refractivity contribution in [2.75, 3.05) is 5.84 Å². The Balaban J connectivity index is 1.89. The lowest BCUT2D eigenvalue weighted by Gasteiger charge is -2.23. The van der Waals surface area contributed by atoms with Crippen molar-refractivity contribution in [1.82, 2.24) is 14.5 Å². The van der Waals surface area contributed by atoms with E-state index in [0.29, 0.717) is 5.92 Å². The van der Waals surface area contributed by atoms with Gasteiger partial charge in [0, 0.05) is 5.92 Å². The second kappa shape index (κ2) is 6.09. The summed E-state index contributed by atoms with van der Waals surface area (Å²) in [4.78, 5) is 2.55. The van der Waals surface area contributed by atoms with Crippen molar-refractivity contribution < 1.29 is 4.74 Å². The van der Waals surface area contributed by atoms with E-state index in [0.717, 1.165) is 11.6 Å². The predicted molar refractivity (Wildman–Crippen MR) is 81.1 cm³/mol. The van der Waals surface area contributed by atoms with E-state index >= 15 is 0 Å². The molecule has 6 heteroatoms. The van der Waals surface area contributed by atoms with Crippen LogP contribution in [0.4, 0.5) is 0 Å². The van der Waals surface area contributed by atoms with E-state index in [1.807, 2.05) is 30.3 Å². The Morgan fingerprint density at radius 3 is 2.65 bits per heavy atom. The van der Waals surface area contributed by atoms with Crippen LogP contribution < -0.4 is 10.6 Å². The Hall–Kier alpha value is -1.82. The molecular weight excluding hydrogens is 272 g/mol. The number of benzene rings is 1. The fraction of sp³-hybridized carbons (Fsp3) is 0.429. The molecule has 0 radical (unpaired) electrons. The van der Waals surface area contributed by atoms with Gasteiger partial charge in [-0.05, 0) is 36.5 Å². The van der Waals surface area contributed by atoms with Crippen molar-refractivity contribution in [1.29, 1.82) is 0 Å². The lowest BCUT2D eigenvalue weighted by molar-refractivity contribution is 0.403. The number of para-hydroxylation sites is 1. The molecule has 0 amide bonds. The van der Waals surface area contributed by atoms with Gasteiger partial charge < -0.3 is 10.6 Å². The number of rotatable bonds is 3. The highest BCUT2D eigenvalue weighted by Crippen LogP contribution is 2.39. The minimum atomic E-state index is 0.557. The number of H-pyrrole nitrogens is 2. The first-order valence-electron chi connectivity index (χ1n) is 7.04. The zero-order valence-electron chi connectivity index (χ0n) is 11.3. The quantitative estimate of drug-likeness (QED) is 0.751. The molecule has 0 spiro atoms. The fourth-order valence-electron chi connectivity index (χ4n) is 2.65. The minimum absolute atomic E-state index is 0.557. The summed E-state index contributed by atoms with van der Waals surface area (Å²) in [6.07, 6.45) is 6.36. The molecule has 0 saturated heterocycles. The number of nitrogens with one attached hydrogen (secondary N) is 2. The van der Waals surface area contributed by atoms with Crippen molar-refractivity contribution in [2.24, 2.45) is 0 Å². The van der Waals surface area contributed by atoms with E-state index in [-0.39, 0.29) is 0 Å². The summed E-state index contributed by atoms with van der Waals surface area (Å²) < 4.78 is 9.00. The SMILES string of the molecule is Nn1[nH]sc(C2CCCCC2)c(Oc2ccccc2)[nH]1. The van der Waals surface area contributed by atoms with Gasteiger partial charge >= 0.3 is 0 Å². The zero-order valence-corrected chi connectivity index (χ0v) is 12.2. The molecule has 4 N–H and O–H groups in total. The number of hydrogen-bond acceptors (Lipinski definition) is 3. The lowest BCUT2D eigenvalue weighted by Crippen LogP contribution is -2.18. The van der Waals surface area contributed by atoms with Gasteiger partial charge in [0.05, 0.1) is 4.88 Å². The first kappa shape index (κ1) is 13.2. The minimum Gasteiger partial charge on any atom is -0.438 e. The summed E-state index contributed by atoms with van der Waals surface area (Å²) >= 11 is 1.55. The summed E-state index contributed by atoms with van der Waals surface area (Å²) in [5.74, 6) is 7.87. The van der Waals surface area contributed by atoms with Gasteiger partial charge in [0.2, 0.25) is 5.88 Å². The highest BCUT2D eigenvalue weighted by molar-refractivity contribution is 7.05. The zero-order chi connectivity index (χ0) is 13.8. The molecular formula is C14H20N4OS. The van der Waals surface area contributed by atoms with Crippen LogP contribution in [-0.4, -0.2) is 14.5 Å². The molecule has 1 heterocycles. The maximum atomic E-state index is 5.98. The Morgan fingerprint density at radius 1 is 1.15 bits per heavy atom. The van der Waals surface area contributed by atoms with Gasteiger partial charge in [0.1, 0.15) is 5.75 Å². The van der Waals surface area contributed by atoms with Crippen LogP contribution in [0.15, 0.2) is 30.3 Å². The van der Waals surface area contributed by atoms with Crippen molar-refractivity contribution in [2.45, 2.75) is 38.0 Å². The second-order valence-electron chi connectivity index (χ2n) is 5.12. The van der Waals surface area contributed by atoms with E-state index < -0.39 is 0 Å². The highest BCUT2D eigenvalue weighted by atomic mass is 32.1. The molecule has 1 fully saturated rings. The standard InChI is InChI=1S/C14H20N4OS/c15-18-16-14(19-12-9-5-2-6-10-12)13(20-17-18)11-7-3-1-4-8-11/h2,5-6,9-11,16-17H,1,3-4,7-8,15H2. The predicted octanol–water partition coefficient (Wildman–Crippen LogP) is 3.88. The number of nitrogens with two attached hydrogens (primary N) is 1. The van der Waals surface area contributed by atoms with E-state index in [1.54, 1.807) is 11.5 Å². The molecule has 1 aliphatic rings. The van der Waals surface area contributed by atoms with Crippen LogP contribution in [0, 0.1) is 0 Å². The third-order valence-corrected chi connectivity index (χ3v) is 4.67. The summed E-state index contributed by atoms with van der Waals surface area (Å²) in [7, 11) is 0. The maximum Gasteiger partial charge on any atom is 0.229 e. The molecule has 1 saturated carbocycles. The van der Waals surface area contributed by atoms with Crippen LogP contribution in [0.5, 0.6) is 11.6 Å². The number of aromatic amines is 2. The monoisotopic (exact) mass is 292 g/mol. The number of ether oxygens (including phenoxy) is 1. The van der Waals surface area contributed by atoms with Gasteiger partial charge in [-0.15, -0.1) is 4.91 Å². The van der Waals surface area contributed by atoms with Crippen molar-refractivity contribution in [3.63, 3.8) is 0 Å². The Kier molecular flexibility index (Phi) is 4.01. The smallest absolute Gasteiger partial charge is 0.229 e. The third kappa shape index (κ3) is 3.01. The lowest BCUT2D eigenvalue weighted by atomic mass is 9.88. The Bertz CT molecular complexity index is 573. The molecule has 0 atom stereocenters. The molecule has 2 aromatic rings. The van der Waals surface area contributed by atoms with Crippen molar-refractivity contribution >= 4 is 11.5 Å². The molecule has 0 unspecified atom stereocenters.